The molecule has 0 aromatic heterocycles. The van der Waals surface area contributed by atoms with E-state index in [0.29, 0.717) is 51.7 Å². The number of hydrogen-bond acceptors (Lipinski definition) is 7. The van der Waals surface area contributed by atoms with Crippen LogP contribution in [0.15, 0.2) is 0 Å². The van der Waals surface area contributed by atoms with Crippen molar-refractivity contribution in [3.8, 4) is 0 Å². The molecular weight excluding hydrogens is 412 g/mol. The summed E-state index contributed by atoms with van der Waals surface area (Å²) in [4.78, 5) is 39.0. The van der Waals surface area contributed by atoms with Gasteiger partial charge in [-0.1, -0.05) is 0 Å². The van der Waals surface area contributed by atoms with E-state index in [-0.39, 0.29) is 5.91 Å². The zero-order valence-electron chi connectivity index (χ0n) is 17.8. The van der Waals surface area contributed by atoms with Crippen molar-refractivity contribution in [3.05, 3.63) is 0 Å². The average Bonchev–Trinajstić information content (AvgIpc) is 3.52. The Kier molecular flexibility index (Phi) is 6.33. The molecule has 0 radical (unpaired) electrons. The van der Waals surface area contributed by atoms with Crippen LogP contribution in [0.2, 0.25) is 0 Å². The van der Waals surface area contributed by atoms with Gasteiger partial charge in [-0.3, -0.25) is 19.2 Å². The smallest absolute Gasteiger partial charge is 0.407 e. The molecule has 0 aromatic carbocycles. The third kappa shape index (κ3) is 5.84. The van der Waals surface area contributed by atoms with Gasteiger partial charge in [-0.25, -0.2) is 13.2 Å². The van der Waals surface area contributed by atoms with Gasteiger partial charge in [0.05, 0.1) is 11.3 Å². The van der Waals surface area contributed by atoms with Crippen LogP contribution < -0.4 is 15.4 Å². The Hall–Kier alpha value is -1.88. The standard InChI is InChI=1S/C19H32N4O6S/c1-18(2,3)29-17(26)20-10-12-23-11-4-5-14(23)15(24)21-19(8-9-19)16(25)22-30(27,28)13-6-7-13/h13-14H,4-12H2,1-3H3,(H,20,26)(H,21,24)(H,22,25)/t14-/m0/s1. The fraction of sp³-hybridized carbons (Fsp3) is 0.842. The Bertz CT molecular complexity index is 798. The maximum absolute atomic E-state index is 12.8. The number of nitrogens with zero attached hydrogens (tertiary/aromatic N) is 1. The van der Waals surface area contributed by atoms with Gasteiger partial charge in [0.1, 0.15) is 11.1 Å². The molecule has 3 fully saturated rings. The number of hydrogen-bond donors (Lipinski definition) is 3. The Morgan fingerprint density at radius 3 is 2.37 bits per heavy atom. The lowest BCUT2D eigenvalue weighted by Crippen LogP contribution is -2.55. The first-order valence-corrected chi connectivity index (χ1v) is 12.1. The van der Waals surface area contributed by atoms with Crippen LogP contribution in [-0.4, -0.2) is 73.3 Å². The Morgan fingerprint density at radius 2 is 1.80 bits per heavy atom. The highest BCUT2D eigenvalue weighted by Crippen LogP contribution is 2.37. The zero-order valence-corrected chi connectivity index (χ0v) is 18.6. The summed E-state index contributed by atoms with van der Waals surface area (Å²) in [5.74, 6) is -0.917. The normalized spacial score (nSPS) is 23.5. The van der Waals surface area contributed by atoms with Gasteiger partial charge in [0.2, 0.25) is 15.9 Å². The summed E-state index contributed by atoms with van der Waals surface area (Å²) >= 11 is 0. The van der Waals surface area contributed by atoms with Gasteiger partial charge in [0.25, 0.3) is 5.91 Å². The van der Waals surface area contributed by atoms with E-state index in [9.17, 15) is 22.8 Å². The van der Waals surface area contributed by atoms with Crippen molar-refractivity contribution in [2.45, 2.75) is 81.7 Å². The van der Waals surface area contributed by atoms with E-state index < -0.39 is 44.5 Å². The summed E-state index contributed by atoms with van der Waals surface area (Å²) in [7, 11) is -3.64. The van der Waals surface area contributed by atoms with Gasteiger partial charge in [-0.2, -0.15) is 0 Å². The number of ether oxygens (including phenoxy) is 1. The first-order chi connectivity index (χ1) is 13.9. The number of rotatable bonds is 8. The fourth-order valence-corrected chi connectivity index (χ4v) is 4.93. The topological polar surface area (TPSA) is 134 Å². The zero-order chi connectivity index (χ0) is 22.2. The molecule has 2 aliphatic carbocycles. The molecule has 11 heteroatoms. The van der Waals surface area contributed by atoms with E-state index in [1.54, 1.807) is 20.8 Å². The summed E-state index contributed by atoms with van der Waals surface area (Å²) in [5.41, 5.74) is -1.70. The van der Waals surface area contributed by atoms with Crippen LogP contribution in [0.25, 0.3) is 0 Å². The predicted molar refractivity (Wildman–Crippen MR) is 109 cm³/mol. The van der Waals surface area contributed by atoms with Crippen molar-refractivity contribution in [1.29, 1.82) is 0 Å². The molecule has 1 atom stereocenters. The van der Waals surface area contributed by atoms with Crippen LogP contribution in [0.1, 0.15) is 59.3 Å². The van der Waals surface area contributed by atoms with Crippen LogP contribution in [0.5, 0.6) is 0 Å². The minimum atomic E-state index is -3.64. The Labute approximate surface area is 177 Å². The van der Waals surface area contributed by atoms with E-state index in [4.69, 9.17) is 4.74 Å². The van der Waals surface area contributed by atoms with Crippen molar-refractivity contribution in [2.75, 3.05) is 19.6 Å². The number of alkyl carbamates (subject to hydrolysis) is 1. The number of nitrogens with one attached hydrogen (secondary N) is 3. The van der Waals surface area contributed by atoms with Gasteiger partial charge in [0, 0.05) is 13.1 Å². The molecule has 30 heavy (non-hydrogen) atoms. The second-order valence-electron chi connectivity index (χ2n) is 9.37. The molecule has 3 N–H and O–H groups in total. The summed E-state index contributed by atoms with van der Waals surface area (Å²) in [5, 5.41) is 4.97. The molecule has 1 aliphatic heterocycles. The molecule has 3 rings (SSSR count). The molecular formula is C19H32N4O6S. The minimum Gasteiger partial charge on any atom is -0.444 e. The number of likely N-dealkylation sites (tertiary alicyclic amines) is 1. The second-order valence-corrected chi connectivity index (χ2v) is 11.3. The third-order valence-corrected chi connectivity index (χ3v) is 7.30. The molecule has 1 saturated heterocycles. The first-order valence-electron chi connectivity index (χ1n) is 10.5. The highest BCUT2D eigenvalue weighted by molar-refractivity contribution is 7.90. The van der Waals surface area contributed by atoms with Crippen molar-refractivity contribution < 1.29 is 27.5 Å². The molecule has 170 valence electrons. The summed E-state index contributed by atoms with van der Waals surface area (Å²) < 4.78 is 31.4. The molecule has 0 aromatic rings. The van der Waals surface area contributed by atoms with E-state index in [2.05, 4.69) is 15.4 Å². The first kappa shape index (κ1) is 22.8. The largest absolute Gasteiger partial charge is 0.444 e. The second kappa shape index (κ2) is 8.33. The van der Waals surface area contributed by atoms with Gasteiger partial charge < -0.3 is 15.4 Å². The van der Waals surface area contributed by atoms with Gasteiger partial charge in [-0.05, 0) is 65.8 Å². The quantitative estimate of drug-likeness (QED) is 0.488. The van der Waals surface area contributed by atoms with Crippen LogP contribution in [0.3, 0.4) is 0 Å². The van der Waals surface area contributed by atoms with E-state index in [0.717, 1.165) is 6.42 Å². The van der Waals surface area contributed by atoms with Crippen LogP contribution >= 0.6 is 0 Å². The number of carbonyl (C=O) groups is 3. The average molecular weight is 445 g/mol. The number of carbonyl (C=O) groups excluding carboxylic acids is 3. The lowest BCUT2D eigenvalue weighted by atomic mass is 10.1. The maximum atomic E-state index is 12.8. The molecule has 3 aliphatic rings. The summed E-state index contributed by atoms with van der Waals surface area (Å²) in [6.45, 7) is 6.88. The predicted octanol–water partition coefficient (Wildman–Crippen LogP) is 0.233. The maximum Gasteiger partial charge on any atom is 0.407 e. The summed E-state index contributed by atoms with van der Waals surface area (Å²) in [6, 6.07) is -0.407. The van der Waals surface area contributed by atoms with E-state index in [1.165, 1.54) is 0 Å². The lowest BCUT2D eigenvalue weighted by Gasteiger charge is -2.26. The van der Waals surface area contributed by atoms with Crippen LogP contribution in [0, 0.1) is 0 Å². The lowest BCUT2D eigenvalue weighted by molar-refractivity contribution is -0.131. The number of sulfonamides is 1. The molecule has 2 saturated carbocycles. The Morgan fingerprint density at radius 1 is 1.13 bits per heavy atom. The molecule has 10 nitrogen and oxygen atoms in total. The van der Waals surface area contributed by atoms with E-state index in [1.807, 2.05) is 4.90 Å². The SMILES string of the molecule is CC(C)(C)OC(=O)NCCN1CCC[C@H]1C(=O)NC1(C(=O)NS(=O)(=O)C2CC2)CC1. The number of amides is 3. The molecule has 0 unspecified atom stereocenters. The van der Waals surface area contributed by atoms with Gasteiger partial charge in [-0.15, -0.1) is 0 Å². The van der Waals surface area contributed by atoms with Crippen LogP contribution in [0.4, 0.5) is 4.79 Å². The van der Waals surface area contributed by atoms with E-state index >= 15 is 0 Å². The van der Waals surface area contributed by atoms with Crippen molar-refractivity contribution in [3.63, 3.8) is 0 Å². The molecule has 1 heterocycles. The van der Waals surface area contributed by atoms with Crippen molar-refractivity contribution >= 4 is 27.9 Å². The Balaban J connectivity index is 1.48. The minimum absolute atomic E-state index is 0.277. The van der Waals surface area contributed by atoms with Gasteiger partial charge >= 0.3 is 6.09 Å². The van der Waals surface area contributed by atoms with Crippen LogP contribution in [-0.2, 0) is 24.3 Å². The highest BCUT2D eigenvalue weighted by Gasteiger charge is 2.54. The fourth-order valence-electron chi connectivity index (χ4n) is 3.55. The van der Waals surface area contributed by atoms with Crippen molar-refractivity contribution in [1.82, 2.24) is 20.3 Å². The molecule has 3 amide bonds. The monoisotopic (exact) mass is 444 g/mol. The van der Waals surface area contributed by atoms with Crippen molar-refractivity contribution in [2.24, 2.45) is 0 Å². The third-order valence-electron chi connectivity index (χ3n) is 5.48. The highest BCUT2D eigenvalue weighted by atomic mass is 32.2. The van der Waals surface area contributed by atoms with Gasteiger partial charge in [0.15, 0.2) is 0 Å². The molecule has 0 spiro atoms. The summed E-state index contributed by atoms with van der Waals surface area (Å²) in [6.07, 6.45) is 2.96. The molecule has 0 bridgehead atoms.